The first-order valence-electron chi connectivity index (χ1n) is 4.63. The van der Waals surface area contributed by atoms with Gasteiger partial charge >= 0.3 is 5.97 Å². The van der Waals surface area contributed by atoms with Gasteiger partial charge in [0.25, 0.3) is 0 Å². The van der Waals surface area contributed by atoms with E-state index >= 15 is 0 Å². The Bertz CT molecular complexity index is 366. The van der Waals surface area contributed by atoms with Crippen LogP contribution in [-0.2, 0) is 9.53 Å². The summed E-state index contributed by atoms with van der Waals surface area (Å²) in [7, 11) is 1.31. The Balaban J connectivity index is 2.78. The van der Waals surface area contributed by atoms with E-state index in [0.717, 1.165) is 5.56 Å². The van der Waals surface area contributed by atoms with Crippen molar-refractivity contribution in [3.8, 4) is 0 Å². The summed E-state index contributed by atoms with van der Waals surface area (Å²) in [5.74, 6) is -0.645. The third kappa shape index (κ3) is 3.02. The van der Waals surface area contributed by atoms with Crippen LogP contribution in [0.5, 0.6) is 0 Å². The first-order valence-corrected chi connectivity index (χ1v) is 4.63. The molecule has 1 aromatic rings. The number of aryl methyl sites for hydroxylation is 1. The highest BCUT2D eigenvalue weighted by atomic mass is 19.1. The summed E-state index contributed by atoms with van der Waals surface area (Å²) in [4.78, 5) is 11.0. The highest BCUT2D eigenvalue weighted by Crippen LogP contribution is 2.17. The average Bonchev–Trinajstić information content (AvgIpc) is 2.21. The summed E-state index contributed by atoms with van der Waals surface area (Å²) in [6.07, 6.45) is 0.0988. The highest BCUT2D eigenvalue weighted by Gasteiger charge is 2.12. The number of esters is 1. The molecule has 0 aliphatic carbocycles. The number of carbonyl (C=O) groups excluding carboxylic acids is 1. The second-order valence-electron chi connectivity index (χ2n) is 3.40. The first-order chi connectivity index (χ1) is 7.04. The zero-order chi connectivity index (χ0) is 11.4. The minimum Gasteiger partial charge on any atom is -0.469 e. The summed E-state index contributed by atoms with van der Waals surface area (Å²) in [5.41, 5.74) is 7.02. The second-order valence-corrected chi connectivity index (χ2v) is 3.40. The van der Waals surface area contributed by atoms with Crippen molar-refractivity contribution in [3.63, 3.8) is 0 Å². The summed E-state index contributed by atoms with van der Waals surface area (Å²) < 4.78 is 17.5. The third-order valence-corrected chi connectivity index (χ3v) is 2.22. The normalized spacial score (nSPS) is 12.3. The Labute approximate surface area is 88.0 Å². The van der Waals surface area contributed by atoms with E-state index in [0.29, 0.717) is 5.56 Å². The van der Waals surface area contributed by atoms with E-state index in [4.69, 9.17) is 5.73 Å². The Morgan fingerprint density at radius 1 is 1.60 bits per heavy atom. The molecule has 2 N–H and O–H groups in total. The summed E-state index contributed by atoms with van der Waals surface area (Å²) in [6.45, 7) is 1.66. The SMILES string of the molecule is COC(=O)C[C@H](N)c1ccc(F)c(C)c1. The van der Waals surface area contributed by atoms with Crippen LogP contribution in [0.1, 0.15) is 23.6 Å². The van der Waals surface area contributed by atoms with Gasteiger partial charge in [-0.1, -0.05) is 12.1 Å². The van der Waals surface area contributed by atoms with E-state index in [2.05, 4.69) is 4.74 Å². The molecule has 0 spiro atoms. The van der Waals surface area contributed by atoms with Gasteiger partial charge in [0.1, 0.15) is 5.82 Å². The quantitative estimate of drug-likeness (QED) is 0.774. The van der Waals surface area contributed by atoms with Crippen LogP contribution in [-0.4, -0.2) is 13.1 Å². The Morgan fingerprint density at radius 2 is 2.27 bits per heavy atom. The van der Waals surface area contributed by atoms with Gasteiger partial charge in [0.15, 0.2) is 0 Å². The Kier molecular flexibility index (Phi) is 3.80. The number of benzene rings is 1. The Morgan fingerprint density at radius 3 is 2.80 bits per heavy atom. The first kappa shape index (κ1) is 11.7. The molecule has 0 bridgehead atoms. The van der Waals surface area contributed by atoms with E-state index in [1.54, 1.807) is 19.1 Å². The van der Waals surface area contributed by atoms with Crippen LogP contribution in [0, 0.1) is 12.7 Å². The minimum absolute atomic E-state index is 0.0988. The molecule has 3 nitrogen and oxygen atoms in total. The summed E-state index contributed by atoms with van der Waals surface area (Å²) >= 11 is 0. The predicted octanol–water partition coefficient (Wildman–Crippen LogP) is 1.70. The van der Waals surface area contributed by atoms with Gasteiger partial charge in [0, 0.05) is 6.04 Å². The van der Waals surface area contributed by atoms with Gasteiger partial charge in [-0.2, -0.15) is 0 Å². The van der Waals surface area contributed by atoms with Gasteiger partial charge in [0.05, 0.1) is 13.5 Å². The zero-order valence-corrected chi connectivity index (χ0v) is 8.79. The van der Waals surface area contributed by atoms with Crippen LogP contribution >= 0.6 is 0 Å². The van der Waals surface area contributed by atoms with Crippen molar-refractivity contribution in [2.75, 3.05) is 7.11 Å². The lowest BCUT2D eigenvalue weighted by atomic mass is 10.0. The minimum atomic E-state index is -0.447. The molecule has 1 atom stereocenters. The maximum Gasteiger partial charge on any atom is 0.307 e. The monoisotopic (exact) mass is 211 g/mol. The fourth-order valence-electron chi connectivity index (χ4n) is 1.28. The maximum atomic E-state index is 13.0. The number of hydrogen-bond acceptors (Lipinski definition) is 3. The second kappa shape index (κ2) is 4.89. The van der Waals surface area contributed by atoms with Crippen LogP contribution < -0.4 is 5.73 Å². The molecule has 0 saturated heterocycles. The van der Waals surface area contributed by atoms with Crippen molar-refractivity contribution in [2.45, 2.75) is 19.4 Å². The van der Waals surface area contributed by atoms with E-state index < -0.39 is 6.04 Å². The fraction of sp³-hybridized carbons (Fsp3) is 0.364. The number of methoxy groups -OCH3 is 1. The predicted molar refractivity (Wildman–Crippen MR) is 54.7 cm³/mol. The average molecular weight is 211 g/mol. The van der Waals surface area contributed by atoms with Crippen LogP contribution in [0.4, 0.5) is 4.39 Å². The van der Waals surface area contributed by atoms with Crippen molar-refractivity contribution < 1.29 is 13.9 Å². The van der Waals surface area contributed by atoms with Crippen LogP contribution in [0.2, 0.25) is 0 Å². The number of ether oxygens (including phenoxy) is 1. The lowest BCUT2D eigenvalue weighted by molar-refractivity contribution is -0.141. The molecule has 0 heterocycles. The lowest BCUT2D eigenvalue weighted by Crippen LogP contribution is -2.16. The van der Waals surface area contributed by atoms with E-state index in [-0.39, 0.29) is 18.2 Å². The molecule has 0 amide bonds. The van der Waals surface area contributed by atoms with E-state index in [9.17, 15) is 9.18 Å². The highest BCUT2D eigenvalue weighted by molar-refractivity contribution is 5.70. The third-order valence-electron chi connectivity index (χ3n) is 2.22. The topological polar surface area (TPSA) is 52.3 Å². The van der Waals surface area contributed by atoms with E-state index in [1.807, 2.05) is 0 Å². The molecule has 4 heteroatoms. The molecule has 0 unspecified atom stereocenters. The van der Waals surface area contributed by atoms with Crippen molar-refractivity contribution in [1.29, 1.82) is 0 Å². The summed E-state index contributed by atoms with van der Waals surface area (Å²) in [5, 5.41) is 0. The number of hydrogen-bond donors (Lipinski definition) is 1. The molecular formula is C11H14FNO2. The Hall–Kier alpha value is -1.42. The number of halogens is 1. The molecule has 0 fully saturated rings. The van der Waals surface area contributed by atoms with Crippen molar-refractivity contribution in [3.05, 3.63) is 35.1 Å². The largest absolute Gasteiger partial charge is 0.469 e. The number of rotatable bonds is 3. The number of carbonyl (C=O) groups is 1. The van der Waals surface area contributed by atoms with Gasteiger partial charge in [0.2, 0.25) is 0 Å². The van der Waals surface area contributed by atoms with Crippen LogP contribution in [0.25, 0.3) is 0 Å². The molecule has 0 aliphatic heterocycles. The molecule has 0 aromatic heterocycles. The van der Waals surface area contributed by atoms with Crippen molar-refractivity contribution >= 4 is 5.97 Å². The van der Waals surface area contributed by atoms with E-state index in [1.165, 1.54) is 13.2 Å². The summed E-state index contributed by atoms with van der Waals surface area (Å²) in [6, 6.07) is 4.12. The smallest absolute Gasteiger partial charge is 0.307 e. The molecule has 82 valence electrons. The molecule has 15 heavy (non-hydrogen) atoms. The van der Waals surface area contributed by atoms with Crippen molar-refractivity contribution in [2.24, 2.45) is 5.73 Å². The van der Waals surface area contributed by atoms with Crippen LogP contribution in [0.3, 0.4) is 0 Å². The fourth-order valence-corrected chi connectivity index (χ4v) is 1.28. The maximum absolute atomic E-state index is 13.0. The van der Waals surface area contributed by atoms with Gasteiger partial charge in [-0.25, -0.2) is 4.39 Å². The van der Waals surface area contributed by atoms with Gasteiger partial charge < -0.3 is 10.5 Å². The molecular weight excluding hydrogens is 197 g/mol. The molecule has 1 aromatic carbocycles. The molecule has 1 rings (SSSR count). The standard InChI is InChI=1S/C11H14FNO2/c1-7-5-8(3-4-9(7)12)10(13)6-11(14)15-2/h3-5,10H,6,13H2,1-2H3/t10-/m0/s1. The molecule has 0 saturated carbocycles. The number of nitrogens with two attached hydrogens (primary N) is 1. The van der Waals surface area contributed by atoms with Gasteiger partial charge in [-0.3, -0.25) is 4.79 Å². The molecule has 0 aliphatic rings. The van der Waals surface area contributed by atoms with Gasteiger partial charge in [-0.05, 0) is 24.1 Å². The molecule has 0 radical (unpaired) electrons. The van der Waals surface area contributed by atoms with Gasteiger partial charge in [-0.15, -0.1) is 0 Å². The van der Waals surface area contributed by atoms with Crippen LogP contribution in [0.15, 0.2) is 18.2 Å². The van der Waals surface area contributed by atoms with Crippen molar-refractivity contribution in [1.82, 2.24) is 0 Å². The zero-order valence-electron chi connectivity index (χ0n) is 8.79. The lowest BCUT2D eigenvalue weighted by Gasteiger charge is -2.11.